The molecule has 2 fully saturated rings. The number of nitrogens with zero attached hydrogens (tertiary/aromatic N) is 4. The molecule has 3 heterocycles. The quantitative estimate of drug-likeness (QED) is 0.774. The van der Waals surface area contributed by atoms with Gasteiger partial charge in [0.05, 0.1) is 12.2 Å². The highest BCUT2D eigenvalue weighted by atomic mass is 16.5. The topological polar surface area (TPSA) is 64.8 Å². The molecule has 29 heavy (non-hydrogen) atoms. The first-order valence-electron chi connectivity index (χ1n) is 10.6. The predicted octanol–water partition coefficient (Wildman–Crippen LogP) is 2.34. The maximum atomic E-state index is 12.4. The van der Waals surface area contributed by atoms with Crippen molar-refractivity contribution in [2.75, 3.05) is 51.1 Å². The Labute approximate surface area is 172 Å². The molecule has 1 amide bonds. The lowest BCUT2D eigenvalue weighted by molar-refractivity contribution is -0.117. The number of aryl methyl sites for hydroxylation is 1. The second kappa shape index (κ2) is 9.52. The summed E-state index contributed by atoms with van der Waals surface area (Å²) in [5.74, 6) is 0.900. The molecule has 2 aliphatic rings. The van der Waals surface area contributed by atoms with Crippen LogP contribution in [0.4, 0.5) is 5.69 Å². The molecule has 2 aliphatic heterocycles. The van der Waals surface area contributed by atoms with Crippen LogP contribution < -0.4 is 5.32 Å². The van der Waals surface area contributed by atoms with Crippen molar-refractivity contribution < 1.29 is 9.32 Å². The van der Waals surface area contributed by atoms with E-state index in [0.717, 1.165) is 56.4 Å². The van der Waals surface area contributed by atoms with E-state index >= 15 is 0 Å². The Morgan fingerprint density at radius 2 is 1.62 bits per heavy atom. The largest absolute Gasteiger partial charge is 0.361 e. The summed E-state index contributed by atoms with van der Waals surface area (Å²) in [6, 6.07) is 10.3. The predicted molar refractivity (Wildman–Crippen MR) is 113 cm³/mol. The van der Waals surface area contributed by atoms with Gasteiger partial charge < -0.3 is 9.84 Å². The number of nitrogens with one attached hydrogen (secondary N) is 1. The average molecular weight is 398 g/mol. The van der Waals surface area contributed by atoms with Gasteiger partial charge in [-0.1, -0.05) is 17.3 Å². The van der Waals surface area contributed by atoms with E-state index in [1.54, 1.807) is 0 Å². The van der Waals surface area contributed by atoms with E-state index in [9.17, 15) is 4.79 Å². The average Bonchev–Trinajstić information content (AvgIpc) is 3.37. The van der Waals surface area contributed by atoms with E-state index in [-0.39, 0.29) is 5.91 Å². The zero-order chi connectivity index (χ0) is 20.1. The van der Waals surface area contributed by atoms with Crippen molar-refractivity contribution in [2.24, 2.45) is 0 Å². The van der Waals surface area contributed by atoms with E-state index in [1.165, 1.54) is 31.5 Å². The van der Waals surface area contributed by atoms with Crippen LogP contribution in [-0.2, 0) is 17.9 Å². The second-order valence-electron chi connectivity index (χ2n) is 8.21. The molecular weight excluding hydrogens is 366 g/mol. The number of likely N-dealkylation sites (tertiary alicyclic amines) is 1. The van der Waals surface area contributed by atoms with Gasteiger partial charge in [0.25, 0.3) is 0 Å². The Kier molecular flexibility index (Phi) is 6.59. The molecule has 156 valence electrons. The van der Waals surface area contributed by atoms with Crippen molar-refractivity contribution in [1.82, 2.24) is 19.9 Å². The zero-order valence-corrected chi connectivity index (χ0v) is 17.3. The summed E-state index contributed by atoms with van der Waals surface area (Å²) in [6.45, 7) is 10.2. The van der Waals surface area contributed by atoms with Gasteiger partial charge in [0.2, 0.25) is 5.91 Å². The highest BCUT2D eigenvalue weighted by molar-refractivity contribution is 5.92. The number of hydrogen-bond acceptors (Lipinski definition) is 6. The lowest BCUT2D eigenvalue weighted by atomic mass is 10.2. The lowest BCUT2D eigenvalue weighted by Gasteiger charge is -2.33. The molecule has 0 spiro atoms. The summed E-state index contributed by atoms with van der Waals surface area (Å²) in [4.78, 5) is 19.5. The van der Waals surface area contributed by atoms with Crippen LogP contribution in [0.1, 0.15) is 29.9 Å². The number of carbonyl (C=O) groups excluding carboxylic acids is 1. The fourth-order valence-electron chi connectivity index (χ4n) is 4.12. The summed E-state index contributed by atoms with van der Waals surface area (Å²) < 4.78 is 5.13. The lowest BCUT2D eigenvalue weighted by Crippen LogP contribution is -2.48. The molecular formula is C22H31N5O2. The number of carbonyl (C=O) groups is 1. The van der Waals surface area contributed by atoms with Gasteiger partial charge in [-0.25, -0.2) is 0 Å². The Bertz CT molecular complexity index is 790. The standard InChI is InChI=1S/C22H31N5O2/c1-18-14-21(24-29-18)16-26-10-12-27(13-11-26)17-22(28)23-20-6-4-19(5-7-20)15-25-8-2-3-9-25/h4-7,14H,2-3,8-13,15-17H2,1H3,(H,23,28). The number of amides is 1. The van der Waals surface area contributed by atoms with Crippen molar-refractivity contribution >= 4 is 11.6 Å². The third-order valence-electron chi connectivity index (χ3n) is 5.74. The van der Waals surface area contributed by atoms with Crippen LogP contribution in [-0.4, -0.2) is 71.6 Å². The normalized spacial score (nSPS) is 18.9. The Hall–Kier alpha value is -2.22. The van der Waals surface area contributed by atoms with Gasteiger partial charge in [-0.3, -0.25) is 19.5 Å². The van der Waals surface area contributed by atoms with Gasteiger partial charge in [0.1, 0.15) is 5.76 Å². The van der Waals surface area contributed by atoms with Crippen LogP contribution in [0.25, 0.3) is 0 Å². The van der Waals surface area contributed by atoms with E-state index in [0.29, 0.717) is 6.54 Å². The number of aromatic nitrogens is 1. The second-order valence-corrected chi connectivity index (χ2v) is 8.21. The molecule has 1 aromatic heterocycles. The first-order valence-corrected chi connectivity index (χ1v) is 10.6. The summed E-state index contributed by atoms with van der Waals surface area (Å²) in [6.07, 6.45) is 2.62. The molecule has 0 aliphatic carbocycles. The number of rotatable bonds is 7. The highest BCUT2D eigenvalue weighted by Crippen LogP contribution is 2.15. The van der Waals surface area contributed by atoms with Crippen LogP contribution in [0.5, 0.6) is 0 Å². The van der Waals surface area contributed by atoms with E-state index in [4.69, 9.17) is 4.52 Å². The number of hydrogen-bond donors (Lipinski definition) is 1. The van der Waals surface area contributed by atoms with Crippen molar-refractivity contribution in [1.29, 1.82) is 0 Å². The SMILES string of the molecule is Cc1cc(CN2CCN(CC(=O)Nc3ccc(CN4CCCC4)cc3)CC2)no1. The zero-order valence-electron chi connectivity index (χ0n) is 17.3. The van der Waals surface area contributed by atoms with Crippen molar-refractivity contribution in [2.45, 2.75) is 32.9 Å². The van der Waals surface area contributed by atoms with E-state index in [1.807, 2.05) is 25.1 Å². The molecule has 0 saturated carbocycles. The van der Waals surface area contributed by atoms with Crippen molar-refractivity contribution in [3.63, 3.8) is 0 Å². The van der Waals surface area contributed by atoms with Gasteiger partial charge in [0, 0.05) is 51.0 Å². The summed E-state index contributed by atoms with van der Waals surface area (Å²) in [5.41, 5.74) is 3.16. The maximum Gasteiger partial charge on any atom is 0.238 e. The van der Waals surface area contributed by atoms with Crippen LogP contribution in [0, 0.1) is 6.92 Å². The van der Waals surface area contributed by atoms with Gasteiger partial charge in [0.15, 0.2) is 0 Å². The Morgan fingerprint density at radius 1 is 0.966 bits per heavy atom. The maximum absolute atomic E-state index is 12.4. The Morgan fingerprint density at radius 3 is 2.28 bits per heavy atom. The summed E-state index contributed by atoms with van der Waals surface area (Å²) in [7, 11) is 0. The van der Waals surface area contributed by atoms with Gasteiger partial charge >= 0.3 is 0 Å². The van der Waals surface area contributed by atoms with Gasteiger partial charge in [-0.15, -0.1) is 0 Å². The molecule has 1 aromatic carbocycles. The highest BCUT2D eigenvalue weighted by Gasteiger charge is 2.20. The van der Waals surface area contributed by atoms with Crippen LogP contribution in [0.3, 0.4) is 0 Å². The fourth-order valence-corrected chi connectivity index (χ4v) is 4.12. The van der Waals surface area contributed by atoms with Crippen LogP contribution >= 0.6 is 0 Å². The number of anilines is 1. The smallest absolute Gasteiger partial charge is 0.238 e. The Balaban J connectivity index is 1.18. The molecule has 1 N–H and O–H groups in total. The van der Waals surface area contributed by atoms with Crippen LogP contribution in [0.2, 0.25) is 0 Å². The molecule has 0 atom stereocenters. The van der Waals surface area contributed by atoms with Crippen molar-refractivity contribution in [3.8, 4) is 0 Å². The van der Waals surface area contributed by atoms with E-state index in [2.05, 4.69) is 37.3 Å². The minimum absolute atomic E-state index is 0.0536. The molecule has 7 nitrogen and oxygen atoms in total. The third kappa shape index (κ3) is 5.88. The first kappa shape index (κ1) is 20.1. The number of piperazine rings is 1. The molecule has 0 radical (unpaired) electrons. The monoisotopic (exact) mass is 397 g/mol. The molecule has 7 heteroatoms. The number of benzene rings is 1. The first-order chi connectivity index (χ1) is 14.1. The molecule has 0 bridgehead atoms. The molecule has 0 unspecified atom stereocenters. The minimum atomic E-state index is 0.0536. The van der Waals surface area contributed by atoms with E-state index < -0.39 is 0 Å². The summed E-state index contributed by atoms with van der Waals surface area (Å²) >= 11 is 0. The summed E-state index contributed by atoms with van der Waals surface area (Å²) in [5, 5.41) is 7.10. The van der Waals surface area contributed by atoms with Crippen LogP contribution in [0.15, 0.2) is 34.9 Å². The molecule has 2 aromatic rings. The molecule has 4 rings (SSSR count). The minimum Gasteiger partial charge on any atom is -0.361 e. The van der Waals surface area contributed by atoms with Gasteiger partial charge in [-0.05, 0) is 50.6 Å². The molecule has 2 saturated heterocycles. The van der Waals surface area contributed by atoms with Crippen molar-refractivity contribution in [3.05, 3.63) is 47.3 Å². The fraction of sp³-hybridized carbons (Fsp3) is 0.545. The third-order valence-corrected chi connectivity index (χ3v) is 5.74. The van der Waals surface area contributed by atoms with Gasteiger partial charge in [-0.2, -0.15) is 0 Å².